The highest BCUT2D eigenvalue weighted by molar-refractivity contribution is 6.36. The first-order valence-corrected chi connectivity index (χ1v) is 7.61. The number of piperidine rings is 1. The van der Waals surface area contributed by atoms with Gasteiger partial charge in [-0.1, -0.05) is 29.3 Å². The molecule has 0 saturated carbocycles. The summed E-state index contributed by atoms with van der Waals surface area (Å²) in [7, 11) is 0. The molecule has 1 aliphatic heterocycles. The van der Waals surface area contributed by atoms with Gasteiger partial charge in [0.25, 0.3) is 0 Å². The van der Waals surface area contributed by atoms with Gasteiger partial charge >= 0.3 is 5.97 Å². The second-order valence-electron chi connectivity index (χ2n) is 5.37. The largest absolute Gasteiger partial charge is 0.481 e. The van der Waals surface area contributed by atoms with Crippen LogP contribution in [0.4, 0.5) is 0 Å². The molecule has 1 heterocycles. The zero-order valence-electron chi connectivity index (χ0n) is 11.7. The van der Waals surface area contributed by atoms with Crippen LogP contribution in [0, 0.1) is 5.92 Å². The fraction of sp³-hybridized carbons (Fsp3) is 0.467. The Balaban J connectivity index is 2.06. The van der Waals surface area contributed by atoms with E-state index in [0.717, 1.165) is 0 Å². The number of carboxylic acids is 1. The lowest BCUT2D eigenvalue weighted by Gasteiger charge is -2.36. The second kappa shape index (κ2) is 6.67. The SMILES string of the molecule is CC1CC(C(=O)O)CCN1C(=O)Cc1c(Cl)cccc1Cl. The standard InChI is InChI=1S/C15H17Cl2NO3/c1-9-7-10(15(20)21)5-6-18(9)14(19)8-11-12(16)3-2-4-13(11)17/h2-4,9-10H,5-8H2,1H3,(H,20,21). The molecule has 1 saturated heterocycles. The minimum absolute atomic E-state index is 0.0682. The Hall–Kier alpha value is -1.26. The van der Waals surface area contributed by atoms with Crippen molar-refractivity contribution in [2.24, 2.45) is 5.92 Å². The zero-order valence-corrected chi connectivity index (χ0v) is 13.2. The number of hydrogen-bond acceptors (Lipinski definition) is 2. The molecule has 0 bridgehead atoms. The molecule has 0 spiro atoms. The monoisotopic (exact) mass is 329 g/mol. The Morgan fingerprint density at radius 2 is 1.95 bits per heavy atom. The van der Waals surface area contributed by atoms with Crippen molar-refractivity contribution in [3.63, 3.8) is 0 Å². The van der Waals surface area contributed by atoms with E-state index in [1.54, 1.807) is 23.1 Å². The molecular weight excluding hydrogens is 313 g/mol. The minimum Gasteiger partial charge on any atom is -0.481 e. The van der Waals surface area contributed by atoms with E-state index in [1.807, 2.05) is 6.92 Å². The zero-order chi connectivity index (χ0) is 15.6. The van der Waals surface area contributed by atoms with Gasteiger partial charge in [0.05, 0.1) is 12.3 Å². The lowest BCUT2D eigenvalue weighted by Crippen LogP contribution is -2.46. The van der Waals surface area contributed by atoms with Crippen LogP contribution in [0.5, 0.6) is 0 Å². The number of likely N-dealkylation sites (tertiary alicyclic amines) is 1. The third-order valence-corrected chi connectivity index (χ3v) is 4.64. The number of benzene rings is 1. The van der Waals surface area contributed by atoms with E-state index >= 15 is 0 Å². The lowest BCUT2D eigenvalue weighted by atomic mass is 9.91. The maximum Gasteiger partial charge on any atom is 0.306 e. The molecule has 2 atom stereocenters. The molecule has 4 nitrogen and oxygen atoms in total. The topological polar surface area (TPSA) is 57.6 Å². The van der Waals surface area contributed by atoms with Crippen molar-refractivity contribution in [3.05, 3.63) is 33.8 Å². The fourth-order valence-electron chi connectivity index (χ4n) is 2.72. The summed E-state index contributed by atoms with van der Waals surface area (Å²) in [5, 5.41) is 10.0. The van der Waals surface area contributed by atoms with Crippen molar-refractivity contribution in [2.75, 3.05) is 6.54 Å². The molecule has 1 fully saturated rings. The van der Waals surface area contributed by atoms with Gasteiger partial charge in [0.1, 0.15) is 0 Å². The summed E-state index contributed by atoms with van der Waals surface area (Å²) in [6, 6.07) is 5.06. The number of amides is 1. The molecule has 0 aliphatic carbocycles. The summed E-state index contributed by atoms with van der Waals surface area (Å²) in [5.41, 5.74) is 0.624. The summed E-state index contributed by atoms with van der Waals surface area (Å²) in [6.45, 7) is 2.33. The second-order valence-corrected chi connectivity index (χ2v) is 6.19. The first-order chi connectivity index (χ1) is 9.90. The first-order valence-electron chi connectivity index (χ1n) is 6.85. The van der Waals surface area contributed by atoms with Crippen LogP contribution in [0.2, 0.25) is 10.0 Å². The van der Waals surface area contributed by atoms with Gasteiger partial charge in [-0.25, -0.2) is 0 Å². The van der Waals surface area contributed by atoms with Crippen molar-refractivity contribution in [1.82, 2.24) is 4.90 Å². The molecule has 1 N–H and O–H groups in total. The molecule has 0 aromatic heterocycles. The van der Waals surface area contributed by atoms with Gasteiger partial charge < -0.3 is 10.0 Å². The van der Waals surface area contributed by atoms with E-state index < -0.39 is 5.97 Å². The van der Waals surface area contributed by atoms with Crippen LogP contribution in [0.3, 0.4) is 0 Å². The van der Waals surface area contributed by atoms with Gasteiger partial charge in [-0.05, 0) is 37.5 Å². The van der Waals surface area contributed by atoms with Crippen molar-refractivity contribution >= 4 is 35.1 Å². The summed E-state index contributed by atoms with van der Waals surface area (Å²) in [5.74, 6) is -1.22. The first kappa shape index (κ1) is 16.1. The molecule has 1 aromatic rings. The van der Waals surface area contributed by atoms with Gasteiger partial charge in [0.2, 0.25) is 5.91 Å². The molecule has 1 aliphatic rings. The van der Waals surface area contributed by atoms with Gasteiger partial charge in [0, 0.05) is 22.6 Å². The molecule has 1 aromatic carbocycles. The van der Waals surface area contributed by atoms with Crippen LogP contribution in [-0.4, -0.2) is 34.5 Å². The van der Waals surface area contributed by atoms with Crippen molar-refractivity contribution < 1.29 is 14.7 Å². The van der Waals surface area contributed by atoms with Gasteiger partial charge in [-0.15, -0.1) is 0 Å². The molecule has 1 amide bonds. The molecule has 21 heavy (non-hydrogen) atoms. The molecule has 0 radical (unpaired) electrons. The van der Waals surface area contributed by atoms with Crippen molar-refractivity contribution in [3.8, 4) is 0 Å². The van der Waals surface area contributed by atoms with E-state index in [4.69, 9.17) is 28.3 Å². The Morgan fingerprint density at radius 3 is 2.48 bits per heavy atom. The van der Waals surface area contributed by atoms with E-state index in [0.29, 0.717) is 35.0 Å². The minimum atomic E-state index is -0.789. The fourth-order valence-corrected chi connectivity index (χ4v) is 3.25. The number of carbonyl (C=O) groups excluding carboxylic acids is 1. The van der Waals surface area contributed by atoms with Crippen LogP contribution in [-0.2, 0) is 16.0 Å². The lowest BCUT2D eigenvalue weighted by molar-refractivity contribution is -0.147. The molecule has 2 rings (SSSR count). The van der Waals surface area contributed by atoms with Crippen LogP contribution < -0.4 is 0 Å². The van der Waals surface area contributed by atoms with E-state index in [9.17, 15) is 9.59 Å². The molecule has 114 valence electrons. The summed E-state index contributed by atoms with van der Waals surface area (Å²) < 4.78 is 0. The number of hydrogen-bond donors (Lipinski definition) is 1. The van der Waals surface area contributed by atoms with E-state index in [1.165, 1.54) is 0 Å². The smallest absolute Gasteiger partial charge is 0.306 e. The molecule has 2 unspecified atom stereocenters. The van der Waals surface area contributed by atoms with Gasteiger partial charge in [0.15, 0.2) is 0 Å². The average Bonchev–Trinajstić information content (AvgIpc) is 2.42. The predicted octanol–water partition coefficient (Wildman–Crippen LogP) is 3.25. The predicted molar refractivity (Wildman–Crippen MR) is 81.7 cm³/mol. The van der Waals surface area contributed by atoms with Crippen LogP contribution >= 0.6 is 23.2 Å². The van der Waals surface area contributed by atoms with Crippen LogP contribution in [0.1, 0.15) is 25.3 Å². The summed E-state index contributed by atoms with van der Waals surface area (Å²) >= 11 is 12.2. The Labute approximate surface area is 133 Å². The van der Waals surface area contributed by atoms with Crippen LogP contribution in [0.15, 0.2) is 18.2 Å². The van der Waals surface area contributed by atoms with Crippen molar-refractivity contribution in [1.29, 1.82) is 0 Å². The number of nitrogens with zero attached hydrogens (tertiary/aromatic N) is 1. The number of halogens is 2. The number of aliphatic carboxylic acids is 1. The molecule has 6 heteroatoms. The van der Waals surface area contributed by atoms with Crippen molar-refractivity contribution in [2.45, 2.75) is 32.2 Å². The Bertz CT molecular complexity index is 542. The highest BCUT2D eigenvalue weighted by Gasteiger charge is 2.32. The summed E-state index contributed by atoms with van der Waals surface area (Å²) in [4.78, 5) is 25.2. The number of carboxylic acid groups (broad SMARTS) is 1. The van der Waals surface area contributed by atoms with E-state index in [-0.39, 0.29) is 24.3 Å². The maximum atomic E-state index is 12.4. The number of carbonyl (C=O) groups is 2. The van der Waals surface area contributed by atoms with Gasteiger partial charge in [-0.3, -0.25) is 9.59 Å². The van der Waals surface area contributed by atoms with E-state index in [2.05, 4.69) is 0 Å². The molecular formula is C15H17Cl2NO3. The third kappa shape index (κ3) is 3.69. The number of rotatable bonds is 3. The third-order valence-electron chi connectivity index (χ3n) is 3.94. The van der Waals surface area contributed by atoms with Crippen LogP contribution in [0.25, 0.3) is 0 Å². The average molecular weight is 330 g/mol. The highest BCUT2D eigenvalue weighted by atomic mass is 35.5. The Morgan fingerprint density at radius 1 is 1.33 bits per heavy atom. The Kier molecular flexibility index (Phi) is 5.12. The normalized spacial score (nSPS) is 22.1. The quantitative estimate of drug-likeness (QED) is 0.926. The maximum absolute atomic E-state index is 12.4. The highest BCUT2D eigenvalue weighted by Crippen LogP contribution is 2.28. The van der Waals surface area contributed by atoms with Gasteiger partial charge in [-0.2, -0.15) is 0 Å². The summed E-state index contributed by atoms with van der Waals surface area (Å²) in [6.07, 6.45) is 1.11.